The average molecular weight is 399 g/mol. The zero-order valence-corrected chi connectivity index (χ0v) is 17.1. The van der Waals surface area contributed by atoms with Crippen LogP contribution in [0.4, 0.5) is 5.13 Å². The van der Waals surface area contributed by atoms with Crippen molar-refractivity contribution in [2.24, 2.45) is 0 Å². The average Bonchev–Trinajstić information content (AvgIpc) is 3.30. The molecule has 7 heteroatoms. The summed E-state index contributed by atoms with van der Waals surface area (Å²) in [7, 11) is 0. The minimum absolute atomic E-state index is 0.138. The predicted molar refractivity (Wildman–Crippen MR) is 111 cm³/mol. The quantitative estimate of drug-likeness (QED) is 0.445. The number of thioether (sulfide) groups is 1. The van der Waals surface area contributed by atoms with Crippen LogP contribution in [0.15, 0.2) is 40.7 Å². The number of aryl methyl sites for hydroxylation is 1. The summed E-state index contributed by atoms with van der Waals surface area (Å²) < 4.78 is 3.04. The summed E-state index contributed by atoms with van der Waals surface area (Å²) in [6.45, 7) is 4.86. The van der Waals surface area contributed by atoms with Crippen molar-refractivity contribution < 1.29 is 4.79 Å². The van der Waals surface area contributed by atoms with Crippen molar-refractivity contribution in [3.05, 3.63) is 58.9 Å². The molecule has 0 aliphatic heterocycles. The molecule has 0 amide bonds. The number of rotatable bonds is 8. The Morgan fingerprint density at radius 3 is 2.78 bits per heavy atom. The number of carbonyl (C=O) groups excluding carboxylic acids is 1. The van der Waals surface area contributed by atoms with Gasteiger partial charge in [0.15, 0.2) is 10.1 Å². The molecule has 0 bridgehead atoms. The molecule has 4 rings (SSSR count). The summed E-state index contributed by atoms with van der Waals surface area (Å²) in [5.74, 6) is 0.521. The maximum atomic E-state index is 12.8. The van der Waals surface area contributed by atoms with E-state index in [1.807, 2.05) is 31.2 Å². The highest BCUT2D eigenvalue weighted by molar-refractivity contribution is 8.01. The summed E-state index contributed by atoms with van der Waals surface area (Å²) in [5, 5.41) is 12.5. The highest BCUT2D eigenvalue weighted by Gasteiger charge is 2.23. The summed E-state index contributed by atoms with van der Waals surface area (Å²) in [5.41, 5.74) is 4.17. The lowest BCUT2D eigenvalue weighted by molar-refractivity contribution is 0.102. The number of nitrogens with one attached hydrogen (secondary N) is 1. The minimum atomic E-state index is 0.138. The van der Waals surface area contributed by atoms with E-state index in [1.54, 1.807) is 0 Å². The zero-order chi connectivity index (χ0) is 18.8. The number of hydrogen-bond acceptors (Lipinski definition) is 6. The first-order valence-corrected chi connectivity index (χ1v) is 10.9. The third kappa shape index (κ3) is 4.42. The summed E-state index contributed by atoms with van der Waals surface area (Å²) in [4.78, 5) is 12.8. The third-order valence-corrected chi connectivity index (χ3v) is 6.68. The van der Waals surface area contributed by atoms with Crippen LogP contribution in [0.5, 0.6) is 0 Å². The van der Waals surface area contributed by atoms with Gasteiger partial charge in [0.2, 0.25) is 5.13 Å². The Kier molecular flexibility index (Phi) is 5.31. The molecule has 0 saturated heterocycles. The van der Waals surface area contributed by atoms with Gasteiger partial charge in [0, 0.05) is 29.5 Å². The number of Topliss-reactive ketones (excluding diaryl/α,β-unsaturated/α-hetero) is 1. The molecular weight excluding hydrogens is 376 g/mol. The van der Waals surface area contributed by atoms with Gasteiger partial charge in [-0.15, -0.1) is 10.2 Å². The highest BCUT2D eigenvalue weighted by Crippen LogP contribution is 2.30. The van der Waals surface area contributed by atoms with Crippen molar-refractivity contribution in [1.29, 1.82) is 0 Å². The maximum absolute atomic E-state index is 12.8. The van der Waals surface area contributed by atoms with Crippen molar-refractivity contribution in [2.45, 2.75) is 43.6 Å². The molecule has 1 fully saturated rings. The van der Waals surface area contributed by atoms with E-state index >= 15 is 0 Å². The lowest BCUT2D eigenvalue weighted by atomic mass is 10.2. The first kappa shape index (κ1) is 18.3. The van der Waals surface area contributed by atoms with E-state index in [1.165, 1.54) is 41.5 Å². The number of carbonyl (C=O) groups is 1. The van der Waals surface area contributed by atoms with E-state index in [-0.39, 0.29) is 5.78 Å². The fourth-order valence-electron chi connectivity index (χ4n) is 3.03. The topological polar surface area (TPSA) is 59.8 Å². The molecule has 0 spiro atoms. The molecular formula is C20H22N4OS2. The van der Waals surface area contributed by atoms with Crippen molar-refractivity contribution in [1.82, 2.24) is 14.8 Å². The largest absolute Gasteiger partial charge is 0.357 e. The molecule has 2 aromatic heterocycles. The van der Waals surface area contributed by atoms with E-state index < -0.39 is 0 Å². The van der Waals surface area contributed by atoms with Crippen LogP contribution < -0.4 is 5.32 Å². The van der Waals surface area contributed by atoms with Crippen LogP contribution in [0.25, 0.3) is 0 Å². The predicted octanol–water partition coefficient (Wildman–Crippen LogP) is 4.55. The third-order valence-electron chi connectivity index (χ3n) is 4.70. The first-order chi connectivity index (χ1) is 13.1. The van der Waals surface area contributed by atoms with Crippen LogP contribution in [-0.4, -0.2) is 32.3 Å². The van der Waals surface area contributed by atoms with Gasteiger partial charge in [-0.2, -0.15) is 0 Å². The zero-order valence-electron chi connectivity index (χ0n) is 15.4. The van der Waals surface area contributed by atoms with E-state index in [0.29, 0.717) is 11.8 Å². The number of hydrogen-bond donors (Lipinski definition) is 1. The standard InChI is InChI=1S/C20H22N4OS2/c1-13-10-17(14(2)24(13)11-15-6-4-3-5-7-15)18(25)12-26-20-23-22-19(27-20)21-16-8-9-16/h3-7,10,16H,8-9,11-12H2,1-2H3,(H,21,22). The van der Waals surface area contributed by atoms with Gasteiger partial charge in [-0.05, 0) is 38.3 Å². The lowest BCUT2D eigenvalue weighted by Crippen LogP contribution is -2.07. The molecule has 0 radical (unpaired) electrons. The summed E-state index contributed by atoms with van der Waals surface area (Å²) >= 11 is 2.99. The Morgan fingerprint density at radius 2 is 2.04 bits per heavy atom. The van der Waals surface area contributed by atoms with Gasteiger partial charge in [-0.25, -0.2) is 0 Å². The second kappa shape index (κ2) is 7.86. The smallest absolute Gasteiger partial charge is 0.206 e. The lowest BCUT2D eigenvalue weighted by Gasteiger charge is -2.09. The summed E-state index contributed by atoms with van der Waals surface area (Å²) in [6, 6.07) is 12.9. The van der Waals surface area contributed by atoms with Gasteiger partial charge < -0.3 is 9.88 Å². The Labute approximate surface area is 167 Å². The number of benzene rings is 1. The van der Waals surface area contributed by atoms with Gasteiger partial charge in [-0.3, -0.25) is 4.79 Å². The maximum Gasteiger partial charge on any atom is 0.206 e. The Hall–Kier alpha value is -2.12. The number of nitrogens with zero attached hydrogens (tertiary/aromatic N) is 3. The molecule has 1 N–H and O–H groups in total. The second-order valence-electron chi connectivity index (χ2n) is 6.86. The van der Waals surface area contributed by atoms with Gasteiger partial charge in [0.1, 0.15) is 0 Å². The van der Waals surface area contributed by atoms with Gasteiger partial charge in [-0.1, -0.05) is 53.4 Å². The van der Waals surface area contributed by atoms with Gasteiger partial charge in [0.05, 0.1) is 5.75 Å². The molecule has 5 nitrogen and oxygen atoms in total. The minimum Gasteiger partial charge on any atom is -0.357 e. The van der Waals surface area contributed by atoms with E-state index in [9.17, 15) is 4.79 Å². The van der Waals surface area contributed by atoms with Crippen molar-refractivity contribution in [2.75, 3.05) is 11.1 Å². The SMILES string of the molecule is Cc1cc(C(=O)CSc2nnc(NC3CC3)s2)c(C)n1Cc1ccccc1. The first-order valence-electron chi connectivity index (χ1n) is 9.07. The van der Waals surface area contributed by atoms with E-state index in [2.05, 4.69) is 39.1 Å². The molecule has 0 unspecified atom stereocenters. The van der Waals surface area contributed by atoms with Crippen molar-refractivity contribution in [3.63, 3.8) is 0 Å². The molecule has 1 aliphatic rings. The van der Waals surface area contributed by atoms with Crippen LogP contribution in [0.1, 0.15) is 40.2 Å². The Bertz CT molecular complexity index is 944. The molecule has 27 heavy (non-hydrogen) atoms. The molecule has 1 saturated carbocycles. The second-order valence-corrected chi connectivity index (χ2v) is 9.06. The van der Waals surface area contributed by atoms with Gasteiger partial charge in [0.25, 0.3) is 0 Å². The van der Waals surface area contributed by atoms with Crippen molar-refractivity contribution in [3.8, 4) is 0 Å². The molecule has 1 aromatic carbocycles. The Morgan fingerprint density at radius 1 is 1.26 bits per heavy atom. The highest BCUT2D eigenvalue weighted by atomic mass is 32.2. The molecule has 2 heterocycles. The normalized spacial score (nSPS) is 13.7. The van der Waals surface area contributed by atoms with Crippen LogP contribution in [0, 0.1) is 13.8 Å². The molecule has 1 aliphatic carbocycles. The monoisotopic (exact) mass is 398 g/mol. The molecule has 3 aromatic rings. The fourth-order valence-corrected chi connectivity index (χ4v) is 4.74. The summed E-state index contributed by atoms with van der Waals surface area (Å²) in [6.07, 6.45) is 2.41. The number of anilines is 1. The molecule has 140 valence electrons. The van der Waals surface area contributed by atoms with Gasteiger partial charge >= 0.3 is 0 Å². The van der Waals surface area contributed by atoms with Crippen LogP contribution in [-0.2, 0) is 6.54 Å². The number of ketones is 1. The Balaban J connectivity index is 1.41. The van der Waals surface area contributed by atoms with Crippen LogP contribution in [0.3, 0.4) is 0 Å². The van der Waals surface area contributed by atoms with Crippen LogP contribution >= 0.6 is 23.1 Å². The van der Waals surface area contributed by atoms with Crippen molar-refractivity contribution >= 4 is 34.0 Å². The van der Waals surface area contributed by atoms with E-state index in [4.69, 9.17) is 0 Å². The fraction of sp³-hybridized carbons (Fsp3) is 0.350. The number of aromatic nitrogens is 3. The molecule has 0 atom stereocenters. The van der Waals surface area contributed by atoms with E-state index in [0.717, 1.165) is 33.0 Å². The van der Waals surface area contributed by atoms with Crippen LogP contribution in [0.2, 0.25) is 0 Å².